The van der Waals surface area contributed by atoms with Crippen LogP contribution in [0, 0.1) is 0 Å². The average molecular weight is 661 g/mol. The molecular formula is C32H35Cl2N3O6S. The number of hydrogen-bond donors (Lipinski definition) is 1. The summed E-state index contributed by atoms with van der Waals surface area (Å²) in [6.07, 6.45) is 6.19. The van der Waals surface area contributed by atoms with Crippen molar-refractivity contribution in [3.8, 4) is 11.5 Å². The summed E-state index contributed by atoms with van der Waals surface area (Å²) in [5, 5.41) is 3.85. The Balaban J connectivity index is 1.51. The third-order valence-corrected chi connectivity index (χ3v) is 9.76. The number of nitrogens with one attached hydrogen (secondary N) is 1. The summed E-state index contributed by atoms with van der Waals surface area (Å²) < 4.78 is 37.9. The van der Waals surface area contributed by atoms with Crippen LogP contribution in [0.25, 0.3) is 0 Å². The van der Waals surface area contributed by atoms with E-state index < -0.39 is 28.5 Å². The van der Waals surface area contributed by atoms with Crippen LogP contribution >= 0.6 is 23.2 Å². The lowest BCUT2D eigenvalue weighted by atomic mass is 9.94. The Morgan fingerprint density at radius 1 is 0.909 bits per heavy atom. The Labute approximate surface area is 268 Å². The monoisotopic (exact) mass is 659 g/mol. The van der Waals surface area contributed by atoms with Gasteiger partial charge in [0, 0.05) is 25.1 Å². The van der Waals surface area contributed by atoms with Crippen molar-refractivity contribution >= 4 is 50.7 Å². The first-order valence-corrected chi connectivity index (χ1v) is 17.1. The van der Waals surface area contributed by atoms with Crippen LogP contribution in [0.2, 0.25) is 10.0 Å². The minimum Gasteiger partial charge on any atom is -0.454 e. The Morgan fingerprint density at radius 2 is 1.64 bits per heavy atom. The van der Waals surface area contributed by atoms with Crippen LogP contribution < -0.4 is 19.1 Å². The van der Waals surface area contributed by atoms with Crippen molar-refractivity contribution in [3.05, 3.63) is 87.9 Å². The van der Waals surface area contributed by atoms with Crippen LogP contribution in [0.1, 0.15) is 43.2 Å². The molecular weight excluding hydrogens is 625 g/mol. The van der Waals surface area contributed by atoms with Gasteiger partial charge in [-0.05, 0) is 48.2 Å². The van der Waals surface area contributed by atoms with Crippen LogP contribution in [-0.4, -0.2) is 56.8 Å². The molecule has 1 aliphatic carbocycles. The third kappa shape index (κ3) is 7.97. The van der Waals surface area contributed by atoms with Crippen molar-refractivity contribution in [2.24, 2.45) is 0 Å². The molecule has 2 aliphatic rings. The van der Waals surface area contributed by atoms with E-state index in [2.05, 4.69) is 5.32 Å². The van der Waals surface area contributed by atoms with E-state index in [1.54, 1.807) is 30.3 Å². The summed E-state index contributed by atoms with van der Waals surface area (Å²) >= 11 is 12.5. The number of sulfonamides is 1. The van der Waals surface area contributed by atoms with Gasteiger partial charge in [-0.3, -0.25) is 13.9 Å². The first-order valence-electron chi connectivity index (χ1n) is 14.5. The van der Waals surface area contributed by atoms with Gasteiger partial charge in [0.25, 0.3) is 0 Å². The molecule has 12 heteroatoms. The first-order chi connectivity index (χ1) is 21.1. The fourth-order valence-corrected chi connectivity index (χ4v) is 6.75. The van der Waals surface area contributed by atoms with E-state index in [0.717, 1.165) is 48.2 Å². The SMILES string of the molecule is CS(=O)(=O)N(CC(=O)N(Cc1ccc(Cl)c(Cl)c1)C(Cc1ccccc1)C(=O)NC1CCCCC1)c1ccc2c(c1)OCO2. The molecule has 1 saturated carbocycles. The number of carbonyl (C=O) groups is 2. The van der Waals surface area contributed by atoms with Crippen LogP contribution in [0.15, 0.2) is 66.7 Å². The lowest BCUT2D eigenvalue weighted by Crippen LogP contribution is -2.55. The number of rotatable bonds is 11. The average Bonchev–Trinajstić information content (AvgIpc) is 3.48. The summed E-state index contributed by atoms with van der Waals surface area (Å²) in [6.45, 7) is -0.517. The highest BCUT2D eigenvalue weighted by molar-refractivity contribution is 7.92. The smallest absolute Gasteiger partial charge is 0.244 e. The van der Waals surface area contributed by atoms with Gasteiger partial charge in [-0.2, -0.15) is 0 Å². The Morgan fingerprint density at radius 3 is 2.34 bits per heavy atom. The number of anilines is 1. The zero-order chi connectivity index (χ0) is 31.3. The Bertz CT molecular complexity index is 1600. The molecule has 5 rings (SSSR count). The molecule has 0 saturated heterocycles. The fraction of sp³-hybridized carbons (Fsp3) is 0.375. The van der Waals surface area contributed by atoms with Crippen molar-refractivity contribution in [3.63, 3.8) is 0 Å². The van der Waals surface area contributed by atoms with Gasteiger partial charge in [0.2, 0.25) is 28.6 Å². The minimum atomic E-state index is -3.93. The Hall–Kier alpha value is -3.47. The predicted octanol–water partition coefficient (Wildman–Crippen LogP) is 5.58. The van der Waals surface area contributed by atoms with Crippen molar-refractivity contribution in [1.82, 2.24) is 10.2 Å². The van der Waals surface area contributed by atoms with Crippen LogP contribution in [-0.2, 0) is 32.6 Å². The van der Waals surface area contributed by atoms with Gasteiger partial charge in [-0.1, -0.05) is 78.9 Å². The molecule has 0 aromatic heterocycles. The van der Waals surface area contributed by atoms with Crippen molar-refractivity contribution in [1.29, 1.82) is 0 Å². The largest absolute Gasteiger partial charge is 0.454 e. The molecule has 1 atom stereocenters. The van der Waals surface area contributed by atoms with Gasteiger partial charge in [0.15, 0.2) is 11.5 Å². The number of nitrogens with zero attached hydrogens (tertiary/aromatic N) is 2. The Kier molecular flexibility index (Phi) is 10.2. The molecule has 9 nitrogen and oxygen atoms in total. The van der Waals surface area contributed by atoms with Gasteiger partial charge in [-0.25, -0.2) is 8.42 Å². The van der Waals surface area contributed by atoms with E-state index in [-0.39, 0.29) is 37.4 Å². The maximum Gasteiger partial charge on any atom is 0.244 e. The predicted molar refractivity (Wildman–Crippen MR) is 171 cm³/mol. The highest BCUT2D eigenvalue weighted by Crippen LogP contribution is 2.36. The van der Waals surface area contributed by atoms with E-state index in [1.165, 1.54) is 11.0 Å². The number of ether oxygens (including phenoxy) is 2. The number of amides is 2. The molecule has 1 heterocycles. The summed E-state index contributed by atoms with van der Waals surface area (Å²) in [5.41, 5.74) is 1.75. The van der Waals surface area contributed by atoms with Crippen molar-refractivity contribution in [2.45, 2.75) is 57.2 Å². The molecule has 1 unspecified atom stereocenters. The molecule has 0 radical (unpaired) electrons. The molecule has 1 N–H and O–H groups in total. The first kappa shape index (κ1) is 31.9. The molecule has 3 aromatic rings. The molecule has 1 fully saturated rings. The molecule has 44 heavy (non-hydrogen) atoms. The van der Waals surface area contributed by atoms with Crippen molar-refractivity contribution in [2.75, 3.05) is 23.9 Å². The highest BCUT2D eigenvalue weighted by atomic mass is 35.5. The zero-order valence-corrected chi connectivity index (χ0v) is 26.7. The third-order valence-electron chi connectivity index (χ3n) is 7.88. The maximum absolute atomic E-state index is 14.3. The van der Waals surface area contributed by atoms with E-state index >= 15 is 0 Å². The van der Waals surface area contributed by atoms with Crippen LogP contribution in [0.4, 0.5) is 5.69 Å². The minimum absolute atomic E-state index is 0.00402. The number of hydrogen-bond acceptors (Lipinski definition) is 6. The van der Waals surface area contributed by atoms with Gasteiger partial charge in [-0.15, -0.1) is 0 Å². The lowest BCUT2D eigenvalue weighted by molar-refractivity contribution is -0.140. The summed E-state index contributed by atoms with van der Waals surface area (Å²) in [6, 6.07) is 18.2. The van der Waals surface area contributed by atoms with Crippen LogP contribution in [0.3, 0.4) is 0 Å². The van der Waals surface area contributed by atoms with Crippen molar-refractivity contribution < 1.29 is 27.5 Å². The van der Waals surface area contributed by atoms with Gasteiger partial charge in [0.1, 0.15) is 12.6 Å². The van der Waals surface area contributed by atoms with E-state index in [1.807, 2.05) is 30.3 Å². The summed E-state index contributed by atoms with van der Waals surface area (Å²) in [5.74, 6) is 0.0178. The van der Waals surface area contributed by atoms with E-state index in [0.29, 0.717) is 27.1 Å². The van der Waals surface area contributed by atoms with Gasteiger partial charge >= 0.3 is 0 Å². The molecule has 0 bridgehead atoms. The quantitative estimate of drug-likeness (QED) is 0.288. The second-order valence-electron chi connectivity index (χ2n) is 11.1. The fourth-order valence-electron chi connectivity index (χ4n) is 5.59. The summed E-state index contributed by atoms with van der Waals surface area (Å²) in [4.78, 5) is 29.8. The normalized spacial score (nSPS) is 15.4. The highest BCUT2D eigenvalue weighted by Gasteiger charge is 2.34. The second-order valence-corrected chi connectivity index (χ2v) is 13.8. The molecule has 2 amide bonds. The van der Waals surface area contributed by atoms with E-state index in [4.69, 9.17) is 32.7 Å². The summed E-state index contributed by atoms with van der Waals surface area (Å²) in [7, 11) is -3.93. The number of halogens is 2. The molecule has 3 aromatic carbocycles. The van der Waals surface area contributed by atoms with Gasteiger partial charge in [0.05, 0.1) is 22.0 Å². The van der Waals surface area contributed by atoms with Gasteiger partial charge < -0.3 is 19.7 Å². The zero-order valence-electron chi connectivity index (χ0n) is 24.4. The van der Waals surface area contributed by atoms with Crippen LogP contribution in [0.5, 0.6) is 11.5 Å². The number of benzene rings is 3. The topological polar surface area (TPSA) is 105 Å². The number of fused-ring (bicyclic) bond motifs is 1. The maximum atomic E-state index is 14.3. The molecule has 0 spiro atoms. The van der Waals surface area contributed by atoms with E-state index in [9.17, 15) is 18.0 Å². The second kappa shape index (κ2) is 14.1. The lowest BCUT2D eigenvalue weighted by Gasteiger charge is -2.35. The number of carbonyl (C=O) groups excluding carboxylic acids is 2. The molecule has 1 aliphatic heterocycles. The molecule has 234 valence electrons. The standard InChI is InChI=1S/C32H35Cl2N3O6S/c1-44(40,41)37(25-13-15-29-30(18-25)43-21-42-29)20-31(38)36(19-23-12-14-26(33)27(34)16-23)28(17-22-8-4-2-5-9-22)32(39)35-24-10-6-3-7-11-24/h2,4-5,8-9,12-16,18,24,28H,3,6-7,10-11,17,19-21H2,1H3,(H,35,39).